The van der Waals surface area contributed by atoms with Crippen LogP contribution in [-0.4, -0.2) is 53.0 Å². The second kappa shape index (κ2) is 9.85. The number of aliphatic hydroxyl groups is 1. The van der Waals surface area contributed by atoms with Crippen molar-refractivity contribution < 1.29 is 29.3 Å². The lowest BCUT2D eigenvalue weighted by molar-refractivity contribution is -0.156. The fourth-order valence-corrected chi connectivity index (χ4v) is 4.84. The molecule has 0 bridgehead atoms. The first-order valence-corrected chi connectivity index (χ1v) is 11.6. The highest BCUT2D eigenvalue weighted by atomic mass is 16.5. The Balaban J connectivity index is 1.30. The average Bonchev–Trinajstić information content (AvgIpc) is 3.15. The Labute approximate surface area is 198 Å². The highest BCUT2D eigenvalue weighted by Gasteiger charge is 2.34. The number of amides is 2. The number of benzene rings is 2. The molecule has 1 unspecified atom stereocenters. The van der Waals surface area contributed by atoms with Gasteiger partial charge in [-0.15, -0.1) is 0 Å². The van der Waals surface area contributed by atoms with Crippen molar-refractivity contribution in [3.8, 4) is 11.1 Å². The van der Waals surface area contributed by atoms with Gasteiger partial charge < -0.3 is 25.6 Å². The van der Waals surface area contributed by atoms with Crippen LogP contribution < -0.4 is 10.6 Å². The first kappa shape index (κ1) is 23.8. The summed E-state index contributed by atoms with van der Waals surface area (Å²) in [6.45, 7) is 0.987. The number of carbonyl (C=O) groups excluding carboxylic acids is 2. The van der Waals surface area contributed by atoms with Gasteiger partial charge in [0.1, 0.15) is 6.61 Å². The summed E-state index contributed by atoms with van der Waals surface area (Å²) in [6.07, 6.45) is 2.05. The van der Waals surface area contributed by atoms with Gasteiger partial charge in [-0.05, 0) is 48.4 Å². The highest BCUT2D eigenvalue weighted by molar-refractivity contribution is 5.82. The molecule has 4 rings (SSSR count). The number of ether oxygens (including phenoxy) is 1. The van der Waals surface area contributed by atoms with E-state index in [0.717, 1.165) is 42.0 Å². The molecule has 180 valence electrons. The molecule has 0 aliphatic heterocycles. The maximum atomic E-state index is 12.6. The zero-order valence-corrected chi connectivity index (χ0v) is 19.1. The third kappa shape index (κ3) is 5.07. The van der Waals surface area contributed by atoms with Gasteiger partial charge in [-0.2, -0.15) is 0 Å². The van der Waals surface area contributed by atoms with Crippen LogP contribution >= 0.6 is 0 Å². The summed E-state index contributed by atoms with van der Waals surface area (Å²) in [5.41, 5.74) is 2.58. The molecular weight excluding hydrogens is 436 g/mol. The number of aliphatic carboxylic acids is 1. The minimum atomic E-state index is -2.02. The molecule has 34 heavy (non-hydrogen) atoms. The minimum Gasteiger partial charge on any atom is -0.479 e. The van der Waals surface area contributed by atoms with Crippen molar-refractivity contribution in [1.82, 2.24) is 10.6 Å². The van der Waals surface area contributed by atoms with Gasteiger partial charge in [0, 0.05) is 17.9 Å². The van der Waals surface area contributed by atoms with Gasteiger partial charge in [0.25, 0.3) is 0 Å². The Morgan fingerprint density at radius 1 is 1.03 bits per heavy atom. The lowest BCUT2D eigenvalue weighted by Gasteiger charge is -2.29. The van der Waals surface area contributed by atoms with E-state index >= 15 is 0 Å². The molecule has 4 N–H and O–H groups in total. The van der Waals surface area contributed by atoms with Gasteiger partial charge in [0.2, 0.25) is 5.91 Å². The second-order valence-electron chi connectivity index (χ2n) is 9.33. The van der Waals surface area contributed by atoms with Crippen molar-refractivity contribution in [2.75, 3.05) is 13.2 Å². The lowest BCUT2D eigenvalue weighted by Crippen LogP contribution is -2.49. The van der Waals surface area contributed by atoms with Gasteiger partial charge in [-0.25, -0.2) is 9.59 Å². The Bertz CT molecular complexity index is 1040. The monoisotopic (exact) mass is 466 g/mol. The SMILES string of the molecule is CC(O)(CNC(=O)[C@H]1CCC[C@@H](NC(=O)OCC2c3ccccc3-c3ccccc32)C1)C(=O)O. The summed E-state index contributed by atoms with van der Waals surface area (Å²) in [5.74, 6) is -2.10. The molecule has 2 amide bonds. The number of fused-ring (bicyclic) bond motifs is 3. The maximum Gasteiger partial charge on any atom is 0.407 e. The van der Waals surface area contributed by atoms with E-state index in [1.807, 2.05) is 24.3 Å². The number of alkyl carbamates (subject to hydrolysis) is 1. The topological polar surface area (TPSA) is 125 Å². The molecule has 2 aliphatic carbocycles. The van der Waals surface area contributed by atoms with E-state index in [4.69, 9.17) is 9.84 Å². The van der Waals surface area contributed by atoms with Crippen molar-refractivity contribution in [2.45, 2.75) is 50.2 Å². The molecule has 8 heteroatoms. The molecule has 2 aromatic carbocycles. The Kier molecular flexibility index (Phi) is 6.88. The van der Waals surface area contributed by atoms with E-state index in [-0.39, 0.29) is 36.9 Å². The highest BCUT2D eigenvalue weighted by Crippen LogP contribution is 2.44. The molecule has 2 aromatic rings. The number of rotatable bonds is 7. The number of carboxylic acid groups (broad SMARTS) is 1. The Morgan fingerprint density at radius 2 is 1.65 bits per heavy atom. The van der Waals surface area contributed by atoms with Gasteiger partial charge in [0.15, 0.2) is 5.60 Å². The van der Waals surface area contributed by atoms with Crippen molar-refractivity contribution in [2.24, 2.45) is 5.92 Å². The van der Waals surface area contributed by atoms with E-state index in [1.165, 1.54) is 0 Å². The smallest absolute Gasteiger partial charge is 0.407 e. The van der Waals surface area contributed by atoms with E-state index in [0.29, 0.717) is 12.8 Å². The quantitative estimate of drug-likeness (QED) is 0.497. The number of carbonyl (C=O) groups is 3. The average molecular weight is 467 g/mol. The molecule has 0 heterocycles. The predicted octanol–water partition coefficient (Wildman–Crippen LogP) is 3.04. The van der Waals surface area contributed by atoms with Crippen LogP contribution in [0, 0.1) is 5.92 Å². The summed E-state index contributed by atoms with van der Waals surface area (Å²) in [7, 11) is 0. The van der Waals surface area contributed by atoms with Gasteiger partial charge in [0.05, 0.1) is 6.54 Å². The minimum absolute atomic E-state index is 0.0231. The van der Waals surface area contributed by atoms with Crippen LogP contribution in [0.15, 0.2) is 48.5 Å². The second-order valence-corrected chi connectivity index (χ2v) is 9.33. The molecule has 0 radical (unpaired) electrons. The zero-order valence-electron chi connectivity index (χ0n) is 19.1. The Morgan fingerprint density at radius 3 is 2.26 bits per heavy atom. The summed E-state index contributed by atoms with van der Waals surface area (Å²) in [4.78, 5) is 36.1. The number of carboxylic acids is 1. The van der Waals surface area contributed by atoms with Gasteiger partial charge in [-0.3, -0.25) is 4.79 Å². The van der Waals surface area contributed by atoms with Crippen molar-refractivity contribution in [3.63, 3.8) is 0 Å². The third-order valence-corrected chi connectivity index (χ3v) is 6.78. The third-order valence-electron chi connectivity index (χ3n) is 6.78. The zero-order chi connectivity index (χ0) is 24.3. The molecule has 0 saturated heterocycles. The first-order chi connectivity index (χ1) is 16.3. The lowest BCUT2D eigenvalue weighted by atomic mass is 9.85. The molecule has 8 nitrogen and oxygen atoms in total. The fraction of sp³-hybridized carbons (Fsp3) is 0.423. The van der Waals surface area contributed by atoms with Crippen LogP contribution in [0.2, 0.25) is 0 Å². The Hall–Kier alpha value is -3.39. The van der Waals surface area contributed by atoms with Crippen LogP contribution in [-0.2, 0) is 14.3 Å². The van der Waals surface area contributed by atoms with Crippen LogP contribution in [0.5, 0.6) is 0 Å². The standard InChI is InChI=1S/C26H30N2O6/c1-26(33,24(30)31)15-27-23(29)16-7-6-8-17(13-16)28-25(32)34-14-22-20-11-4-2-9-18(20)19-10-3-5-12-21(19)22/h2-5,9-12,16-17,22,33H,6-8,13-15H2,1H3,(H,27,29)(H,28,32)(H,30,31)/t16-,17+,26?/m0/s1. The summed E-state index contributed by atoms with van der Waals surface area (Å²) in [5, 5.41) is 24.2. The number of hydrogen-bond donors (Lipinski definition) is 4. The van der Waals surface area contributed by atoms with Crippen molar-refractivity contribution in [1.29, 1.82) is 0 Å². The summed E-state index contributed by atoms with van der Waals surface area (Å²) < 4.78 is 5.61. The molecule has 2 aliphatic rings. The van der Waals surface area contributed by atoms with Gasteiger partial charge in [-0.1, -0.05) is 55.0 Å². The van der Waals surface area contributed by atoms with Crippen molar-refractivity contribution >= 4 is 18.0 Å². The van der Waals surface area contributed by atoms with Crippen LogP contribution in [0.4, 0.5) is 4.79 Å². The van der Waals surface area contributed by atoms with E-state index in [1.54, 1.807) is 0 Å². The van der Waals surface area contributed by atoms with Gasteiger partial charge >= 0.3 is 12.1 Å². The molecule has 1 fully saturated rings. The van der Waals surface area contributed by atoms with Crippen LogP contribution in [0.25, 0.3) is 11.1 Å². The first-order valence-electron chi connectivity index (χ1n) is 11.6. The van der Waals surface area contributed by atoms with E-state index in [2.05, 4.69) is 34.9 Å². The predicted molar refractivity (Wildman–Crippen MR) is 125 cm³/mol. The fourth-order valence-electron chi connectivity index (χ4n) is 4.84. The van der Waals surface area contributed by atoms with Crippen LogP contribution in [0.1, 0.15) is 49.7 Å². The summed E-state index contributed by atoms with van der Waals surface area (Å²) in [6, 6.07) is 16.1. The largest absolute Gasteiger partial charge is 0.479 e. The molecule has 3 atom stereocenters. The number of nitrogens with one attached hydrogen (secondary N) is 2. The molecule has 0 aromatic heterocycles. The molecule has 1 saturated carbocycles. The summed E-state index contributed by atoms with van der Waals surface area (Å²) >= 11 is 0. The molecular formula is C26H30N2O6. The van der Waals surface area contributed by atoms with Crippen LogP contribution in [0.3, 0.4) is 0 Å². The van der Waals surface area contributed by atoms with Crippen molar-refractivity contribution in [3.05, 3.63) is 59.7 Å². The number of hydrogen-bond acceptors (Lipinski definition) is 5. The molecule has 0 spiro atoms. The normalized spacial score (nSPS) is 21.0. The maximum absolute atomic E-state index is 12.6. The van der Waals surface area contributed by atoms with E-state index < -0.39 is 17.7 Å². The van der Waals surface area contributed by atoms with E-state index in [9.17, 15) is 19.5 Å².